The van der Waals surface area contributed by atoms with Crippen molar-refractivity contribution in [3.8, 4) is 0 Å². The van der Waals surface area contributed by atoms with Crippen molar-refractivity contribution >= 4 is 23.2 Å². The minimum Gasteiger partial charge on any atom is -0.392 e. The summed E-state index contributed by atoms with van der Waals surface area (Å²) in [5.74, 6) is -1.04. The quantitative estimate of drug-likeness (QED) is 0.700. The lowest BCUT2D eigenvalue weighted by Crippen LogP contribution is -2.46. The standard InChI is InChI=1S/C12H16N2O3S/c1-7-5-6-18-10(7)12(17)14-13-11(16)8-3-2-4-9(8)15/h5-6,8-9,15H,2-4H2,1H3,(H,13,16)(H,14,17). The SMILES string of the molecule is Cc1ccsc1C(=O)NNC(=O)C1CCCC1O. The molecular formula is C12H16N2O3S. The fourth-order valence-corrected chi connectivity index (χ4v) is 2.94. The van der Waals surface area contributed by atoms with Gasteiger partial charge in [0.25, 0.3) is 5.91 Å². The number of amides is 2. The molecule has 98 valence electrons. The highest BCUT2D eigenvalue weighted by atomic mass is 32.1. The van der Waals surface area contributed by atoms with E-state index in [-0.39, 0.29) is 11.8 Å². The Morgan fingerprint density at radius 2 is 2.17 bits per heavy atom. The molecule has 6 heteroatoms. The molecule has 18 heavy (non-hydrogen) atoms. The first kappa shape index (κ1) is 13.0. The smallest absolute Gasteiger partial charge is 0.280 e. The summed E-state index contributed by atoms with van der Waals surface area (Å²) in [7, 11) is 0. The van der Waals surface area contributed by atoms with Gasteiger partial charge in [0.2, 0.25) is 5.91 Å². The number of nitrogens with one attached hydrogen (secondary N) is 2. The van der Waals surface area contributed by atoms with E-state index in [1.54, 1.807) is 0 Å². The normalized spacial score (nSPS) is 22.8. The third kappa shape index (κ3) is 2.70. The number of rotatable bonds is 2. The third-order valence-corrected chi connectivity index (χ3v) is 4.20. The molecule has 0 radical (unpaired) electrons. The maximum Gasteiger partial charge on any atom is 0.280 e. The van der Waals surface area contributed by atoms with Crippen molar-refractivity contribution in [2.45, 2.75) is 32.3 Å². The predicted molar refractivity (Wildman–Crippen MR) is 68.0 cm³/mol. The van der Waals surface area contributed by atoms with Crippen LogP contribution in [0.25, 0.3) is 0 Å². The topological polar surface area (TPSA) is 78.4 Å². The van der Waals surface area contributed by atoms with Crippen LogP contribution in [-0.4, -0.2) is 23.0 Å². The number of hydrazine groups is 1. The van der Waals surface area contributed by atoms with Gasteiger partial charge in [-0.2, -0.15) is 0 Å². The molecule has 0 bridgehead atoms. The van der Waals surface area contributed by atoms with Crippen molar-refractivity contribution in [3.05, 3.63) is 21.9 Å². The summed E-state index contributed by atoms with van der Waals surface area (Å²) >= 11 is 1.33. The third-order valence-electron chi connectivity index (χ3n) is 3.18. The van der Waals surface area contributed by atoms with Crippen LogP contribution in [0.2, 0.25) is 0 Å². The van der Waals surface area contributed by atoms with E-state index >= 15 is 0 Å². The van der Waals surface area contributed by atoms with E-state index in [1.165, 1.54) is 11.3 Å². The van der Waals surface area contributed by atoms with E-state index in [0.29, 0.717) is 17.7 Å². The number of carbonyl (C=O) groups is 2. The van der Waals surface area contributed by atoms with Gasteiger partial charge >= 0.3 is 0 Å². The second kappa shape index (κ2) is 5.49. The zero-order valence-corrected chi connectivity index (χ0v) is 10.9. The first-order valence-corrected chi connectivity index (χ1v) is 6.80. The minimum absolute atomic E-state index is 0.316. The average Bonchev–Trinajstić information content (AvgIpc) is 2.94. The van der Waals surface area contributed by atoms with Gasteiger partial charge in [-0.3, -0.25) is 20.4 Å². The van der Waals surface area contributed by atoms with Crippen LogP contribution >= 0.6 is 11.3 Å². The van der Waals surface area contributed by atoms with Crippen molar-refractivity contribution < 1.29 is 14.7 Å². The zero-order chi connectivity index (χ0) is 13.1. The Balaban J connectivity index is 1.86. The molecule has 2 unspecified atom stereocenters. The van der Waals surface area contributed by atoms with E-state index in [1.807, 2.05) is 18.4 Å². The summed E-state index contributed by atoms with van der Waals surface area (Å²) in [6.45, 7) is 1.84. The number of thiophene rings is 1. The number of aryl methyl sites for hydroxylation is 1. The molecule has 1 fully saturated rings. The maximum absolute atomic E-state index is 11.7. The van der Waals surface area contributed by atoms with E-state index < -0.39 is 12.0 Å². The highest BCUT2D eigenvalue weighted by Crippen LogP contribution is 2.25. The maximum atomic E-state index is 11.7. The van der Waals surface area contributed by atoms with E-state index in [9.17, 15) is 14.7 Å². The van der Waals surface area contributed by atoms with E-state index in [2.05, 4.69) is 10.9 Å². The average molecular weight is 268 g/mol. The molecule has 1 heterocycles. The number of aliphatic hydroxyl groups excluding tert-OH is 1. The van der Waals surface area contributed by atoms with Gasteiger partial charge in [-0.15, -0.1) is 11.3 Å². The molecule has 1 aliphatic rings. The van der Waals surface area contributed by atoms with Crippen LogP contribution in [0.4, 0.5) is 0 Å². The molecule has 5 nitrogen and oxygen atoms in total. The molecule has 3 N–H and O–H groups in total. The van der Waals surface area contributed by atoms with Gasteiger partial charge < -0.3 is 5.11 Å². The molecule has 1 aromatic heterocycles. The van der Waals surface area contributed by atoms with Crippen molar-refractivity contribution in [2.24, 2.45) is 5.92 Å². The Labute approximate surface area is 109 Å². The van der Waals surface area contributed by atoms with Gasteiger partial charge in [0.1, 0.15) is 0 Å². The fourth-order valence-electron chi connectivity index (χ4n) is 2.12. The molecule has 0 saturated heterocycles. The zero-order valence-electron chi connectivity index (χ0n) is 10.1. The molecule has 2 rings (SSSR count). The highest BCUT2D eigenvalue weighted by molar-refractivity contribution is 7.12. The minimum atomic E-state index is -0.592. The number of aliphatic hydroxyl groups is 1. The van der Waals surface area contributed by atoms with E-state index in [4.69, 9.17) is 0 Å². The fraction of sp³-hybridized carbons (Fsp3) is 0.500. The highest BCUT2D eigenvalue weighted by Gasteiger charge is 2.31. The van der Waals surface area contributed by atoms with Gasteiger partial charge in [-0.25, -0.2) is 0 Å². The molecule has 1 aromatic rings. The summed E-state index contributed by atoms with van der Waals surface area (Å²) in [6, 6.07) is 1.85. The second-order valence-corrected chi connectivity index (χ2v) is 5.40. The van der Waals surface area contributed by atoms with Gasteiger partial charge in [0, 0.05) is 0 Å². The first-order valence-electron chi connectivity index (χ1n) is 5.92. The van der Waals surface area contributed by atoms with Crippen molar-refractivity contribution in [1.29, 1.82) is 0 Å². The van der Waals surface area contributed by atoms with E-state index in [0.717, 1.165) is 12.0 Å². The second-order valence-electron chi connectivity index (χ2n) is 4.48. The van der Waals surface area contributed by atoms with Crippen LogP contribution in [0, 0.1) is 12.8 Å². The van der Waals surface area contributed by atoms with Crippen LogP contribution in [0.15, 0.2) is 11.4 Å². The van der Waals surface area contributed by atoms with Crippen LogP contribution < -0.4 is 10.9 Å². The largest absolute Gasteiger partial charge is 0.392 e. The predicted octanol–water partition coefficient (Wildman–Crippen LogP) is 0.979. The summed E-state index contributed by atoms with van der Waals surface area (Å²) in [6.07, 6.45) is 1.57. The molecule has 2 amide bonds. The van der Waals surface area contributed by atoms with Crippen molar-refractivity contribution in [2.75, 3.05) is 0 Å². The number of hydrogen-bond donors (Lipinski definition) is 3. The molecular weight excluding hydrogens is 252 g/mol. The molecule has 1 saturated carbocycles. The molecule has 2 atom stereocenters. The molecule has 1 aliphatic carbocycles. The summed E-state index contributed by atoms with van der Waals surface area (Å²) in [5.41, 5.74) is 5.64. The summed E-state index contributed by atoms with van der Waals surface area (Å²) < 4.78 is 0. The molecule has 0 aromatic carbocycles. The molecule has 0 spiro atoms. The van der Waals surface area contributed by atoms with Crippen molar-refractivity contribution in [3.63, 3.8) is 0 Å². The van der Waals surface area contributed by atoms with Gasteiger partial charge in [0.05, 0.1) is 16.9 Å². The van der Waals surface area contributed by atoms with Crippen molar-refractivity contribution in [1.82, 2.24) is 10.9 Å². The Hall–Kier alpha value is -1.40. The summed E-state index contributed by atoms with van der Waals surface area (Å²) in [4.78, 5) is 24.1. The Morgan fingerprint density at radius 1 is 1.39 bits per heavy atom. The Kier molecular flexibility index (Phi) is 3.98. The summed E-state index contributed by atoms with van der Waals surface area (Å²) in [5, 5.41) is 11.4. The lowest BCUT2D eigenvalue weighted by atomic mass is 10.1. The lowest BCUT2D eigenvalue weighted by Gasteiger charge is -2.14. The Morgan fingerprint density at radius 3 is 2.72 bits per heavy atom. The van der Waals surface area contributed by atoms with Gasteiger partial charge in [-0.1, -0.05) is 0 Å². The monoisotopic (exact) mass is 268 g/mol. The Bertz CT molecular complexity index is 458. The first-order chi connectivity index (χ1) is 8.59. The van der Waals surface area contributed by atoms with Crippen LogP contribution in [-0.2, 0) is 4.79 Å². The lowest BCUT2D eigenvalue weighted by molar-refractivity contribution is -0.128. The number of hydrogen-bond acceptors (Lipinski definition) is 4. The number of carbonyl (C=O) groups excluding carboxylic acids is 2. The van der Waals surface area contributed by atoms with Crippen LogP contribution in [0.3, 0.4) is 0 Å². The van der Waals surface area contributed by atoms with Crippen LogP contribution in [0.1, 0.15) is 34.5 Å². The van der Waals surface area contributed by atoms with Gasteiger partial charge in [-0.05, 0) is 43.2 Å². The van der Waals surface area contributed by atoms with Crippen LogP contribution in [0.5, 0.6) is 0 Å². The molecule has 0 aliphatic heterocycles. The van der Waals surface area contributed by atoms with Gasteiger partial charge in [0.15, 0.2) is 0 Å².